The van der Waals surface area contributed by atoms with Crippen molar-refractivity contribution in [2.45, 2.75) is 18.9 Å². The molecule has 0 spiro atoms. The highest BCUT2D eigenvalue weighted by molar-refractivity contribution is 5.89. The maximum absolute atomic E-state index is 13.2. The number of hydrogen-bond donors (Lipinski definition) is 1. The average Bonchev–Trinajstić information content (AvgIpc) is 3.52. The van der Waals surface area contributed by atoms with Gasteiger partial charge in [0.05, 0.1) is 25.4 Å². The van der Waals surface area contributed by atoms with Crippen molar-refractivity contribution in [3.05, 3.63) is 107 Å². The van der Waals surface area contributed by atoms with E-state index in [4.69, 9.17) is 9.47 Å². The zero-order chi connectivity index (χ0) is 22.7. The Morgan fingerprint density at radius 1 is 0.938 bits per heavy atom. The minimum Gasteiger partial charge on any atom is -0.468 e. The summed E-state index contributed by atoms with van der Waals surface area (Å²) in [5.41, 5.74) is 1.75. The number of carbonyl (C=O) groups is 2. The van der Waals surface area contributed by atoms with Crippen LogP contribution in [-0.4, -0.2) is 30.8 Å². The van der Waals surface area contributed by atoms with Gasteiger partial charge in [-0.15, -0.1) is 0 Å². The average molecular weight is 431 g/mol. The van der Waals surface area contributed by atoms with Gasteiger partial charge >= 0.3 is 11.9 Å². The molecule has 4 rings (SSSR count). The van der Waals surface area contributed by atoms with Crippen LogP contribution in [0.2, 0.25) is 0 Å². The predicted octanol–water partition coefficient (Wildman–Crippen LogP) is 4.46. The summed E-state index contributed by atoms with van der Waals surface area (Å²) in [4.78, 5) is 25.8. The third-order valence-corrected chi connectivity index (χ3v) is 6.46. The van der Waals surface area contributed by atoms with Gasteiger partial charge in [-0.3, -0.25) is 4.79 Å². The fraction of sp³-hybridized carbons (Fsp3) is 0.259. The van der Waals surface area contributed by atoms with Gasteiger partial charge in [-0.2, -0.15) is 0 Å². The SMILES string of the molecule is COC(=O)[C@@]1(C(O)c2ccccc2)[C@H](COC(=O)c2ccccc2)[C@H]1c1ccccc1C. The Balaban J connectivity index is 1.71. The van der Waals surface area contributed by atoms with Crippen LogP contribution in [-0.2, 0) is 14.3 Å². The standard InChI is InChI=1S/C27H26O5/c1-18-11-9-10-16-21(18)23-22(17-32-25(29)20-14-7-4-8-15-20)27(23,26(30)31-2)24(28)19-12-5-3-6-13-19/h3-16,22-24,28H,17H2,1-2H3/t22-,23-,24?,27+/m1/s1. The first-order valence-corrected chi connectivity index (χ1v) is 10.6. The highest BCUT2D eigenvalue weighted by Crippen LogP contribution is 2.71. The van der Waals surface area contributed by atoms with Crippen molar-refractivity contribution in [1.29, 1.82) is 0 Å². The molecule has 5 heteroatoms. The molecule has 1 N–H and O–H groups in total. The van der Waals surface area contributed by atoms with Crippen LogP contribution in [0, 0.1) is 18.3 Å². The second-order valence-electron chi connectivity index (χ2n) is 8.14. The van der Waals surface area contributed by atoms with Gasteiger partial charge in [-0.05, 0) is 35.7 Å². The molecule has 1 aliphatic rings. The Kier molecular flexibility index (Phi) is 6.10. The Morgan fingerprint density at radius 3 is 2.16 bits per heavy atom. The van der Waals surface area contributed by atoms with Crippen LogP contribution in [0.5, 0.6) is 0 Å². The van der Waals surface area contributed by atoms with Gasteiger partial charge in [-0.1, -0.05) is 72.8 Å². The zero-order valence-corrected chi connectivity index (χ0v) is 18.1. The number of methoxy groups -OCH3 is 1. The highest BCUT2D eigenvalue weighted by Gasteiger charge is 2.75. The summed E-state index contributed by atoms with van der Waals surface area (Å²) in [6.45, 7) is 1.96. The second kappa shape index (κ2) is 8.97. The molecule has 0 aliphatic heterocycles. The molecule has 0 radical (unpaired) electrons. The predicted molar refractivity (Wildman–Crippen MR) is 120 cm³/mol. The van der Waals surface area contributed by atoms with Gasteiger partial charge < -0.3 is 14.6 Å². The van der Waals surface area contributed by atoms with Crippen molar-refractivity contribution in [2.75, 3.05) is 13.7 Å². The molecule has 0 bridgehead atoms. The maximum Gasteiger partial charge on any atom is 0.338 e. The first-order valence-electron chi connectivity index (χ1n) is 10.6. The zero-order valence-electron chi connectivity index (χ0n) is 18.1. The molecule has 0 saturated heterocycles. The molecule has 3 aromatic rings. The number of aryl methyl sites for hydroxylation is 1. The lowest BCUT2D eigenvalue weighted by Crippen LogP contribution is -2.30. The van der Waals surface area contributed by atoms with E-state index in [0.29, 0.717) is 11.1 Å². The van der Waals surface area contributed by atoms with E-state index < -0.39 is 29.4 Å². The van der Waals surface area contributed by atoms with Gasteiger partial charge in [0.25, 0.3) is 0 Å². The van der Waals surface area contributed by atoms with E-state index >= 15 is 0 Å². The van der Waals surface area contributed by atoms with Crippen LogP contribution < -0.4 is 0 Å². The minimum atomic E-state index is -1.25. The van der Waals surface area contributed by atoms with Gasteiger partial charge in [0.2, 0.25) is 0 Å². The maximum atomic E-state index is 13.2. The summed E-state index contributed by atoms with van der Waals surface area (Å²) in [6, 6.07) is 25.5. The van der Waals surface area contributed by atoms with Gasteiger partial charge in [0.1, 0.15) is 5.41 Å². The molecule has 1 fully saturated rings. The third-order valence-electron chi connectivity index (χ3n) is 6.46. The van der Waals surface area contributed by atoms with E-state index in [0.717, 1.165) is 11.1 Å². The molecule has 3 aromatic carbocycles. The molecule has 32 heavy (non-hydrogen) atoms. The van der Waals surface area contributed by atoms with Crippen molar-refractivity contribution < 1.29 is 24.2 Å². The van der Waals surface area contributed by atoms with Crippen LogP contribution in [0.1, 0.15) is 39.1 Å². The number of aliphatic hydroxyl groups excluding tert-OH is 1. The molecule has 0 heterocycles. The van der Waals surface area contributed by atoms with Crippen LogP contribution in [0.4, 0.5) is 0 Å². The fourth-order valence-electron chi connectivity index (χ4n) is 4.80. The number of aliphatic hydroxyl groups is 1. The lowest BCUT2D eigenvalue weighted by atomic mass is 9.86. The third kappa shape index (κ3) is 3.69. The van der Waals surface area contributed by atoms with Crippen molar-refractivity contribution in [1.82, 2.24) is 0 Å². The summed E-state index contributed by atoms with van der Waals surface area (Å²) in [5, 5.41) is 11.4. The van der Waals surface area contributed by atoms with Crippen molar-refractivity contribution >= 4 is 11.9 Å². The summed E-state index contributed by atoms with van der Waals surface area (Å²) in [6.07, 6.45) is -1.11. The Bertz CT molecular complexity index is 1100. The first-order chi connectivity index (χ1) is 15.5. The van der Waals surface area contributed by atoms with Gasteiger partial charge in [0.15, 0.2) is 0 Å². The van der Waals surface area contributed by atoms with E-state index in [1.165, 1.54) is 7.11 Å². The molecule has 1 unspecified atom stereocenters. The molecule has 1 saturated carbocycles. The van der Waals surface area contributed by atoms with Crippen molar-refractivity contribution in [2.24, 2.45) is 11.3 Å². The van der Waals surface area contributed by atoms with Gasteiger partial charge in [-0.25, -0.2) is 4.79 Å². The molecule has 1 aliphatic carbocycles. The first kappa shape index (κ1) is 21.8. The van der Waals surface area contributed by atoms with Crippen LogP contribution in [0.15, 0.2) is 84.9 Å². The number of rotatable bonds is 7. The molecule has 4 atom stereocenters. The molecule has 164 valence electrons. The summed E-state index contributed by atoms with van der Waals surface area (Å²) >= 11 is 0. The highest BCUT2D eigenvalue weighted by atomic mass is 16.5. The van der Waals surface area contributed by atoms with E-state index in [2.05, 4.69) is 0 Å². The molecule has 0 amide bonds. The number of carbonyl (C=O) groups excluding carboxylic acids is 2. The quantitative estimate of drug-likeness (QED) is 0.561. The number of benzene rings is 3. The number of hydrogen-bond acceptors (Lipinski definition) is 5. The summed E-state index contributed by atoms with van der Waals surface area (Å²) < 4.78 is 10.8. The largest absolute Gasteiger partial charge is 0.468 e. The molecular weight excluding hydrogens is 404 g/mol. The topological polar surface area (TPSA) is 72.8 Å². The van der Waals surface area contributed by atoms with Crippen LogP contribution in [0.3, 0.4) is 0 Å². The smallest absolute Gasteiger partial charge is 0.338 e. The Labute approximate surface area is 187 Å². The molecule has 0 aromatic heterocycles. The minimum absolute atomic E-state index is 0.00821. The summed E-state index contributed by atoms with van der Waals surface area (Å²) in [5.74, 6) is -1.76. The van der Waals surface area contributed by atoms with Crippen molar-refractivity contribution in [3.63, 3.8) is 0 Å². The molecule has 5 nitrogen and oxygen atoms in total. The van der Waals surface area contributed by atoms with Crippen LogP contribution in [0.25, 0.3) is 0 Å². The van der Waals surface area contributed by atoms with E-state index in [-0.39, 0.29) is 12.5 Å². The van der Waals surface area contributed by atoms with E-state index in [1.807, 2.05) is 55.5 Å². The normalized spacial score (nSPS) is 22.6. The summed E-state index contributed by atoms with van der Waals surface area (Å²) in [7, 11) is 1.32. The Morgan fingerprint density at radius 2 is 1.53 bits per heavy atom. The fourth-order valence-corrected chi connectivity index (χ4v) is 4.80. The monoisotopic (exact) mass is 430 g/mol. The van der Waals surface area contributed by atoms with E-state index in [9.17, 15) is 14.7 Å². The Hall–Kier alpha value is -3.44. The van der Waals surface area contributed by atoms with Crippen molar-refractivity contribution in [3.8, 4) is 0 Å². The number of esters is 2. The van der Waals surface area contributed by atoms with E-state index in [1.54, 1.807) is 36.4 Å². The second-order valence-corrected chi connectivity index (χ2v) is 8.14. The lowest BCUT2D eigenvalue weighted by molar-refractivity contribution is -0.154. The lowest BCUT2D eigenvalue weighted by Gasteiger charge is -2.23. The van der Waals surface area contributed by atoms with Gasteiger partial charge in [0, 0.05) is 11.8 Å². The molecular formula is C27H26O5. The van der Waals surface area contributed by atoms with Crippen LogP contribution >= 0.6 is 0 Å². The number of ether oxygens (including phenoxy) is 2.